The van der Waals surface area contributed by atoms with Crippen molar-refractivity contribution in [1.82, 2.24) is 4.90 Å². The minimum Gasteiger partial charge on any atom is -0.444 e. The van der Waals surface area contributed by atoms with Crippen LogP contribution in [-0.2, 0) is 27.2 Å². The summed E-state index contributed by atoms with van der Waals surface area (Å²) < 4.78 is 15.8. The Morgan fingerprint density at radius 3 is 2.58 bits per heavy atom. The van der Waals surface area contributed by atoms with E-state index in [4.69, 9.17) is 14.2 Å². The van der Waals surface area contributed by atoms with Crippen LogP contribution in [-0.4, -0.2) is 50.2 Å². The summed E-state index contributed by atoms with van der Waals surface area (Å²) in [6, 6.07) is 6.23. The summed E-state index contributed by atoms with van der Waals surface area (Å²) in [7, 11) is 3.23. The van der Waals surface area contributed by atoms with Gasteiger partial charge < -0.3 is 24.4 Å². The Bertz CT molecular complexity index is 565. The van der Waals surface area contributed by atoms with Gasteiger partial charge in [-0.2, -0.15) is 0 Å². The maximum Gasteiger partial charge on any atom is 0.410 e. The molecule has 0 spiro atoms. The predicted molar refractivity (Wildman–Crippen MR) is 93.1 cm³/mol. The molecule has 0 aliphatic carbocycles. The van der Waals surface area contributed by atoms with Crippen molar-refractivity contribution in [3.05, 3.63) is 29.3 Å². The summed E-state index contributed by atoms with van der Waals surface area (Å²) in [6.45, 7) is 7.45. The van der Waals surface area contributed by atoms with Gasteiger partial charge in [0.1, 0.15) is 5.60 Å². The van der Waals surface area contributed by atoms with Crippen molar-refractivity contribution in [2.45, 2.75) is 45.6 Å². The Morgan fingerprint density at radius 2 is 1.96 bits per heavy atom. The van der Waals surface area contributed by atoms with E-state index in [9.17, 15) is 4.79 Å². The summed E-state index contributed by atoms with van der Waals surface area (Å²) in [5.74, 6) is 0. The lowest BCUT2D eigenvalue weighted by atomic mass is 9.99. The van der Waals surface area contributed by atoms with Crippen LogP contribution in [0.25, 0.3) is 0 Å². The SMILES string of the molecule is COC(CNc1ccc2c(c1)CN(C(=O)OC(C)(C)C)CC2)OC. The Kier molecular flexibility index (Phi) is 6.07. The van der Waals surface area contributed by atoms with Gasteiger partial charge in [0.25, 0.3) is 0 Å². The number of nitrogens with zero attached hydrogens (tertiary/aromatic N) is 1. The maximum atomic E-state index is 12.3. The minimum absolute atomic E-state index is 0.259. The number of hydrogen-bond acceptors (Lipinski definition) is 5. The average molecular weight is 336 g/mol. The van der Waals surface area contributed by atoms with Gasteiger partial charge >= 0.3 is 6.09 Å². The first-order valence-corrected chi connectivity index (χ1v) is 8.21. The first kappa shape index (κ1) is 18.5. The molecule has 6 nitrogen and oxygen atoms in total. The first-order valence-electron chi connectivity index (χ1n) is 8.21. The van der Waals surface area contributed by atoms with E-state index in [2.05, 4.69) is 17.4 Å². The fourth-order valence-electron chi connectivity index (χ4n) is 2.61. The monoisotopic (exact) mass is 336 g/mol. The van der Waals surface area contributed by atoms with Crippen LogP contribution < -0.4 is 5.32 Å². The molecule has 0 fully saturated rings. The number of anilines is 1. The third-order valence-corrected chi connectivity index (χ3v) is 3.87. The second kappa shape index (κ2) is 7.85. The molecule has 1 heterocycles. The highest BCUT2D eigenvalue weighted by molar-refractivity contribution is 5.69. The zero-order valence-electron chi connectivity index (χ0n) is 15.2. The van der Waals surface area contributed by atoms with Crippen LogP contribution in [0.4, 0.5) is 10.5 Å². The van der Waals surface area contributed by atoms with Crippen molar-refractivity contribution in [1.29, 1.82) is 0 Å². The quantitative estimate of drug-likeness (QED) is 0.838. The number of hydrogen-bond donors (Lipinski definition) is 1. The number of ether oxygens (including phenoxy) is 3. The van der Waals surface area contributed by atoms with Gasteiger partial charge in [0.05, 0.1) is 6.54 Å². The van der Waals surface area contributed by atoms with Crippen molar-refractivity contribution in [2.24, 2.45) is 0 Å². The number of nitrogens with one attached hydrogen (secondary N) is 1. The number of amides is 1. The fraction of sp³-hybridized carbons (Fsp3) is 0.611. The average Bonchev–Trinajstić information content (AvgIpc) is 2.53. The predicted octanol–water partition coefficient (Wildman–Crippen LogP) is 3.01. The summed E-state index contributed by atoms with van der Waals surface area (Å²) >= 11 is 0. The number of benzene rings is 1. The molecule has 1 aromatic rings. The molecule has 0 atom stereocenters. The Balaban J connectivity index is 2.01. The summed E-state index contributed by atoms with van der Waals surface area (Å²) in [5.41, 5.74) is 2.92. The van der Waals surface area contributed by atoms with Crippen molar-refractivity contribution in [3.8, 4) is 0 Å². The molecule has 0 unspecified atom stereocenters. The lowest BCUT2D eigenvalue weighted by Gasteiger charge is -2.31. The van der Waals surface area contributed by atoms with Crippen LogP contribution in [0.5, 0.6) is 0 Å². The number of carbonyl (C=O) groups excluding carboxylic acids is 1. The molecule has 0 bridgehead atoms. The number of fused-ring (bicyclic) bond motifs is 1. The normalized spacial score (nSPS) is 14.5. The van der Waals surface area contributed by atoms with E-state index in [0.717, 1.165) is 17.7 Å². The maximum absolute atomic E-state index is 12.3. The molecule has 134 valence electrons. The van der Waals surface area contributed by atoms with Crippen LogP contribution in [0.3, 0.4) is 0 Å². The summed E-state index contributed by atoms with van der Waals surface area (Å²) in [5, 5.41) is 3.29. The molecular weight excluding hydrogens is 308 g/mol. The number of carbonyl (C=O) groups is 1. The van der Waals surface area contributed by atoms with Crippen LogP contribution in [0.2, 0.25) is 0 Å². The third kappa shape index (κ3) is 5.11. The Hall–Kier alpha value is -1.79. The van der Waals surface area contributed by atoms with E-state index in [1.165, 1.54) is 5.56 Å². The standard InChI is InChI=1S/C18H28N2O4/c1-18(2,3)24-17(21)20-9-8-13-6-7-15(10-14(13)12-20)19-11-16(22-4)23-5/h6-7,10,16,19H,8-9,11-12H2,1-5H3. The van der Waals surface area contributed by atoms with E-state index in [-0.39, 0.29) is 12.4 Å². The van der Waals surface area contributed by atoms with Gasteiger partial charge in [-0.15, -0.1) is 0 Å². The van der Waals surface area contributed by atoms with Crippen molar-refractivity contribution in [3.63, 3.8) is 0 Å². The molecule has 6 heteroatoms. The highest BCUT2D eigenvalue weighted by Gasteiger charge is 2.25. The molecule has 1 aromatic carbocycles. The molecule has 0 saturated heterocycles. The topological polar surface area (TPSA) is 60.0 Å². The molecule has 1 amide bonds. The van der Waals surface area contributed by atoms with Gasteiger partial charge in [0.15, 0.2) is 6.29 Å². The number of rotatable bonds is 5. The largest absolute Gasteiger partial charge is 0.444 e. The van der Waals surface area contributed by atoms with Gasteiger partial charge in [-0.05, 0) is 50.5 Å². The highest BCUT2D eigenvalue weighted by atomic mass is 16.7. The molecule has 0 radical (unpaired) electrons. The zero-order valence-corrected chi connectivity index (χ0v) is 15.2. The first-order chi connectivity index (χ1) is 11.3. The van der Waals surface area contributed by atoms with E-state index in [1.54, 1.807) is 19.1 Å². The molecule has 1 aliphatic heterocycles. The molecule has 0 aromatic heterocycles. The van der Waals surface area contributed by atoms with E-state index in [1.807, 2.05) is 26.8 Å². The summed E-state index contributed by atoms with van der Waals surface area (Å²) in [6.07, 6.45) is 0.290. The highest BCUT2D eigenvalue weighted by Crippen LogP contribution is 2.24. The van der Waals surface area contributed by atoms with Crippen LogP contribution in [0.15, 0.2) is 18.2 Å². The van der Waals surface area contributed by atoms with Gasteiger partial charge in [0, 0.05) is 33.0 Å². The molecular formula is C18H28N2O4. The molecule has 24 heavy (non-hydrogen) atoms. The second-order valence-corrected chi connectivity index (χ2v) is 6.92. The third-order valence-electron chi connectivity index (χ3n) is 3.87. The van der Waals surface area contributed by atoms with Crippen molar-refractivity contribution < 1.29 is 19.0 Å². The van der Waals surface area contributed by atoms with Crippen molar-refractivity contribution >= 4 is 11.8 Å². The Labute approximate surface area is 144 Å². The van der Waals surface area contributed by atoms with Gasteiger partial charge in [-0.25, -0.2) is 4.79 Å². The Morgan fingerprint density at radius 1 is 1.25 bits per heavy atom. The fourth-order valence-corrected chi connectivity index (χ4v) is 2.61. The molecule has 2 rings (SSSR count). The molecule has 0 saturated carbocycles. The van der Waals surface area contributed by atoms with Crippen molar-refractivity contribution in [2.75, 3.05) is 32.6 Å². The van der Waals surface area contributed by atoms with E-state index >= 15 is 0 Å². The van der Waals surface area contributed by atoms with Gasteiger partial charge in [-0.3, -0.25) is 0 Å². The van der Waals surface area contributed by atoms with Crippen LogP contribution in [0, 0.1) is 0 Å². The van der Waals surface area contributed by atoms with Crippen LogP contribution >= 0.6 is 0 Å². The number of methoxy groups -OCH3 is 2. The molecule has 1 N–H and O–H groups in total. The van der Waals surface area contributed by atoms with E-state index in [0.29, 0.717) is 19.6 Å². The lowest BCUT2D eigenvalue weighted by molar-refractivity contribution is -0.0914. The van der Waals surface area contributed by atoms with Gasteiger partial charge in [0.2, 0.25) is 0 Å². The van der Waals surface area contributed by atoms with E-state index < -0.39 is 5.60 Å². The minimum atomic E-state index is -0.476. The zero-order chi connectivity index (χ0) is 17.7. The summed E-state index contributed by atoms with van der Waals surface area (Å²) in [4.78, 5) is 14.0. The molecule has 1 aliphatic rings. The van der Waals surface area contributed by atoms with Crippen LogP contribution in [0.1, 0.15) is 31.9 Å². The van der Waals surface area contributed by atoms with Gasteiger partial charge in [-0.1, -0.05) is 6.07 Å². The lowest BCUT2D eigenvalue weighted by Crippen LogP contribution is -2.39. The smallest absolute Gasteiger partial charge is 0.410 e. The second-order valence-electron chi connectivity index (χ2n) is 6.92.